The van der Waals surface area contributed by atoms with Crippen molar-refractivity contribution in [3.05, 3.63) is 131 Å². The third-order valence-corrected chi connectivity index (χ3v) is 9.87. The van der Waals surface area contributed by atoms with Crippen molar-refractivity contribution in [1.82, 2.24) is 4.31 Å². The Morgan fingerprint density at radius 2 is 1.40 bits per heavy atom. The van der Waals surface area contributed by atoms with Crippen molar-refractivity contribution in [3.63, 3.8) is 0 Å². The van der Waals surface area contributed by atoms with Gasteiger partial charge in [0.2, 0.25) is 5.91 Å². The van der Waals surface area contributed by atoms with Gasteiger partial charge in [-0.1, -0.05) is 77.6 Å². The molecule has 0 N–H and O–H groups in total. The normalized spacial score (nSPS) is 11.9. The van der Waals surface area contributed by atoms with Crippen LogP contribution in [0, 0.1) is 17.0 Å². The lowest BCUT2D eigenvalue weighted by molar-refractivity contribution is -0.384. The van der Waals surface area contributed by atoms with Crippen LogP contribution in [0.15, 0.2) is 109 Å². The van der Waals surface area contributed by atoms with E-state index in [1.165, 1.54) is 48.3 Å². The number of non-ortho nitro benzene ring substituents is 1. The van der Waals surface area contributed by atoms with Crippen molar-refractivity contribution < 1.29 is 22.9 Å². The standard InChI is InChI=1S/C30H24Br3N3O6S/c1-19-3-13-27(14-4-19)43(41,42)34(2)29(37)18-28(20-7-11-25(12-8-20)36(39)40)35(26-16-23(32)15-24(33)17-26)30(38)21-5-9-22(31)10-6-21/h3-17,28H,18H2,1-2H3/t28-/m1/s1. The van der Waals surface area contributed by atoms with Crippen molar-refractivity contribution in [1.29, 1.82) is 0 Å². The zero-order valence-electron chi connectivity index (χ0n) is 22.8. The summed E-state index contributed by atoms with van der Waals surface area (Å²) in [5, 5.41) is 11.4. The van der Waals surface area contributed by atoms with Crippen LogP contribution in [-0.4, -0.2) is 36.5 Å². The largest absolute Gasteiger partial charge is 0.300 e. The minimum atomic E-state index is -4.21. The van der Waals surface area contributed by atoms with Gasteiger partial charge in [-0.25, -0.2) is 12.7 Å². The number of rotatable bonds is 9. The summed E-state index contributed by atoms with van der Waals surface area (Å²) in [6.07, 6.45) is -0.453. The van der Waals surface area contributed by atoms with Gasteiger partial charge >= 0.3 is 0 Å². The van der Waals surface area contributed by atoms with Crippen LogP contribution < -0.4 is 4.90 Å². The van der Waals surface area contributed by atoms with Crippen molar-refractivity contribution in [2.24, 2.45) is 0 Å². The predicted octanol–water partition coefficient (Wildman–Crippen LogP) is 7.82. The number of hydrogen-bond acceptors (Lipinski definition) is 6. The first-order valence-electron chi connectivity index (χ1n) is 12.7. The first-order chi connectivity index (χ1) is 20.3. The molecule has 0 radical (unpaired) electrons. The van der Waals surface area contributed by atoms with E-state index in [0.717, 1.165) is 10.0 Å². The van der Waals surface area contributed by atoms with E-state index in [-0.39, 0.29) is 10.6 Å². The number of carbonyl (C=O) groups is 2. The molecule has 0 heterocycles. The summed E-state index contributed by atoms with van der Waals surface area (Å²) in [7, 11) is -3.04. The second-order valence-corrected chi connectivity index (χ2v) is 14.3. The van der Waals surface area contributed by atoms with Crippen molar-refractivity contribution in [2.45, 2.75) is 24.3 Å². The highest BCUT2D eigenvalue weighted by atomic mass is 79.9. The first-order valence-corrected chi connectivity index (χ1v) is 16.5. The molecule has 13 heteroatoms. The fourth-order valence-electron chi connectivity index (χ4n) is 4.32. The maximum atomic E-state index is 14.2. The summed E-state index contributed by atoms with van der Waals surface area (Å²) in [5.74, 6) is -1.26. The van der Waals surface area contributed by atoms with E-state index in [9.17, 15) is 28.1 Å². The van der Waals surface area contributed by atoms with E-state index >= 15 is 0 Å². The molecule has 0 aliphatic heterocycles. The van der Waals surface area contributed by atoms with Crippen molar-refractivity contribution >= 4 is 81.0 Å². The number of hydrogen-bond donors (Lipinski definition) is 0. The van der Waals surface area contributed by atoms with Gasteiger partial charge in [0.15, 0.2) is 0 Å². The quantitative estimate of drug-likeness (QED) is 0.126. The lowest BCUT2D eigenvalue weighted by Gasteiger charge is -2.33. The second-order valence-electron chi connectivity index (χ2n) is 9.56. The van der Waals surface area contributed by atoms with Crippen LogP contribution >= 0.6 is 47.8 Å². The number of sulfonamides is 1. The second kappa shape index (κ2) is 13.5. The molecule has 0 spiro atoms. The topological polar surface area (TPSA) is 118 Å². The van der Waals surface area contributed by atoms with E-state index in [2.05, 4.69) is 47.8 Å². The van der Waals surface area contributed by atoms with E-state index in [4.69, 9.17) is 0 Å². The molecule has 0 unspecified atom stereocenters. The number of nitro groups is 1. The third-order valence-electron chi connectivity index (χ3n) is 6.63. The minimum Gasteiger partial charge on any atom is -0.300 e. The summed E-state index contributed by atoms with van der Waals surface area (Å²) in [4.78, 5) is 40.1. The molecule has 0 saturated heterocycles. The fourth-order valence-corrected chi connectivity index (χ4v) is 6.99. The van der Waals surface area contributed by atoms with E-state index in [1.54, 1.807) is 54.6 Å². The lowest BCUT2D eigenvalue weighted by atomic mass is 9.99. The summed E-state index contributed by atoms with van der Waals surface area (Å²) in [6.45, 7) is 1.82. The molecule has 2 amide bonds. The maximum Gasteiger partial charge on any atom is 0.269 e. The highest BCUT2D eigenvalue weighted by molar-refractivity contribution is 9.11. The number of halogens is 3. The Morgan fingerprint density at radius 3 is 1.93 bits per heavy atom. The lowest BCUT2D eigenvalue weighted by Crippen LogP contribution is -2.40. The van der Waals surface area contributed by atoms with Crippen molar-refractivity contribution in [3.8, 4) is 0 Å². The average molecular weight is 794 g/mol. The summed E-state index contributed by atoms with van der Waals surface area (Å²) < 4.78 is 29.4. The molecule has 222 valence electrons. The molecule has 1 atom stereocenters. The van der Waals surface area contributed by atoms with Crippen LogP contribution in [0.3, 0.4) is 0 Å². The van der Waals surface area contributed by atoms with Gasteiger partial charge in [-0.3, -0.25) is 19.7 Å². The molecule has 43 heavy (non-hydrogen) atoms. The molecule has 4 rings (SSSR count). The van der Waals surface area contributed by atoms with Gasteiger partial charge in [0.05, 0.1) is 22.3 Å². The monoisotopic (exact) mass is 791 g/mol. The molecule has 0 saturated carbocycles. The van der Waals surface area contributed by atoms with Gasteiger partial charge < -0.3 is 4.90 Å². The highest BCUT2D eigenvalue weighted by Gasteiger charge is 2.34. The molecule has 9 nitrogen and oxygen atoms in total. The number of carbonyl (C=O) groups excluding carboxylic acids is 2. The molecule has 0 aromatic heterocycles. The Bertz CT molecular complexity index is 1760. The van der Waals surface area contributed by atoms with Crippen LogP contribution in [0.25, 0.3) is 0 Å². The van der Waals surface area contributed by atoms with Crippen molar-refractivity contribution in [2.75, 3.05) is 11.9 Å². The van der Waals surface area contributed by atoms with Crippen LogP contribution in [0.4, 0.5) is 11.4 Å². The Morgan fingerprint density at radius 1 is 0.837 bits per heavy atom. The zero-order valence-corrected chi connectivity index (χ0v) is 28.4. The molecule has 0 bridgehead atoms. The SMILES string of the molecule is Cc1ccc(S(=O)(=O)N(C)C(=O)C[C@H](c2ccc([N+](=O)[O-])cc2)N(C(=O)c2ccc(Br)cc2)c2cc(Br)cc(Br)c2)cc1. The van der Waals surface area contributed by atoms with Crippen LogP contribution in [0.5, 0.6) is 0 Å². The number of nitrogens with zero attached hydrogens (tertiary/aromatic N) is 3. The molecule has 0 aliphatic rings. The molecular formula is C30H24Br3N3O6S. The Hall–Kier alpha value is -3.39. The molecule has 0 aliphatic carbocycles. The Balaban J connectivity index is 1.85. The third kappa shape index (κ3) is 7.58. The smallest absolute Gasteiger partial charge is 0.269 e. The summed E-state index contributed by atoms with van der Waals surface area (Å²) >= 11 is 10.3. The maximum absolute atomic E-state index is 14.2. The number of amides is 2. The highest BCUT2D eigenvalue weighted by Crippen LogP contribution is 2.36. The van der Waals surface area contributed by atoms with E-state index in [0.29, 0.717) is 30.1 Å². The van der Waals surface area contributed by atoms with Crippen LogP contribution in [0.2, 0.25) is 0 Å². The van der Waals surface area contributed by atoms with E-state index in [1.807, 2.05) is 6.92 Å². The average Bonchev–Trinajstić information content (AvgIpc) is 2.96. The van der Waals surface area contributed by atoms with Crippen LogP contribution in [0.1, 0.15) is 33.9 Å². The van der Waals surface area contributed by atoms with Crippen LogP contribution in [-0.2, 0) is 14.8 Å². The molecule has 4 aromatic carbocycles. The number of aryl methyl sites for hydroxylation is 1. The van der Waals surface area contributed by atoms with Gasteiger partial charge in [0.1, 0.15) is 0 Å². The first kappa shape index (κ1) is 32.5. The summed E-state index contributed by atoms with van der Waals surface area (Å²) in [6, 6.07) is 22.3. The number of nitro benzene ring substituents is 1. The van der Waals surface area contributed by atoms with Gasteiger partial charge in [0, 0.05) is 43.8 Å². The van der Waals surface area contributed by atoms with Gasteiger partial charge in [-0.05, 0) is 67.1 Å². The Labute approximate surface area is 274 Å². The number of anilines is 1. The van der Waals surface area contributed by atoms with E-state index < -0.39 is 39.2 Å². The van der Waals surface area contributed by atoms with Gasteiger partial charge in [-0.2, -0.15) is 0 Å². The molecular weight excluding hydrogens is 770 g/mol. The predicted molar refractivity (Wildman–Crippen MR) is 174 cm³/mol. The number of benzene rings is 4. The van der Waals surface area contributed by atoms with Gasteiger partial charge in [0.25, 0.3) is 21.6 Å². The minimum absolute atomic E-state index is 0.0560. The Kier molecular flexibility index (Phi) is 10.2. The zero-order chi connectivity index (χ0) is 31.5. The molecule has 4 aromatic rings. The fraction of sp³-hybridized carbons (Fsp3) is 0.133. The summed E-state index contributed by atoms with van der Waals surface area (Å²) in [5.41, 5.74) is 1.77. The molecule has 0 fully saturated rings. The van der Waals surface area contributed by atoms with Gasteiger partial charge in [-0.15, -0.1) is 0 Å².